The lowest BCUT2D eigenvalue weighted by molar-refractivity contribution is 0.0691. The van der Waals surface area contributed by atoms with Crippen LogP contribution in [0.3, 0.4) is 0 Å². The van der Waals surface area contributed by atoms with Crippen LogP contribution < -0.4 is 5.32 Å². The largest absolute Gasteiger partial charge is 0.478 e. The zero-order valence-electron chi connectivity index (χ0n) is 10.7. The van der Waals surface area contributed by atoms with E-state index in [0.29, 0.717) is 11.8 Å². The van der Waals surface area contributed by atoms with Gasteiger partial charge in [0.15, 0.2) is 0 Å². The molecule has 2 aromatic rings. The molecule has 21 heavy (non-hydrogen) atoms. The minimum atomic E-state index is -1.39. The van der Waals surface area contributed by atoms with Crippen LogP contribution in [-0.2, 0) is 0 Å². The van der Waals surface area contributed by atoms with Crippen LogP contribution in [0.25, 0.3) is 0 Å². The third kappa shape index (κ3) is 3.30. The van der Waals surface area contributed by atoms with Gasteiger partial charge in [-0.05, 0) is 30.3 Å². The second kappa shape index (κ2) is 5.96. The number of rotatable bonds is 4. The highest BCUT2D eigenvalue weighted by Gasteiger charge is 2.12. The van der Waals surface area contributed by atoms with Gasteiger partial charge in [0, 0.05) is 16.8 Å². The highest BCUT2D eigenvalue weighted by molar-refractivity contribution is 6.05. The Hall–Kier alpha value is -3.02. The lowest BCUT2D eigenvalue weighted by Crippen LogP contribution is -2.13. The van der Waals surface area contributed by atoms with Gasteiger partial charge in [0.1, 0.15) is 12.1 Å². The summed E-state index contributed by atoms with van der Waals surface area (Å²) in [6.45, 7) is 0. The van der Waals surface area contributed by atoms with Crippen LogP contribution in [0.1, 0.15) is 31.1 Å². The molecule has 0 unspecified atom stereocenters. The molecule has 0 saturated heterocycles. The number of aldehydes is 1. The number of amides is 1. The molecule has 5 nitrogen and oxygen atoms in total. The van der Waals surface area contributed by atoms with E-state index in [4.69, 9.17) is 5.11 Å². The third-order valence-electron chi connectivity index (χ3n) is 2.74. The smallest absolute Gasteiger partial charge is 0.338 e. The van der Waals surface area contributed by atoms with Gasteiger partial charge >= 0.3 is 5.97 Å². The lowest BCUT2D eigenvalue weighted by Gasteiger charge is -2.07. The van der Waals surface area contributed by atoms with Crippen molar-refractivity contribution >= 4 is 23.9 Å². The summed E-state index contributed by atoms with van der Waals surface area (Å²) in [6, 6.07) is 9.26. The van der Waals surface area contributed by atoms with Crippen LogP contribution in [-0.4, -0.2) is 23.3 Å². The molecule has 0 spiro atoms. The summed E-state index contributed by atoms with van der Waals surface area (Å²) in [7, 11) is 0. The molecule has 0 saturated carbocycles. The number of carboxylic acids is 1. The van der Waals surface area contributed by atoms with Crippen molar-refractivity contribution in [1.29, 1.82) is 0 Å². The number of aromatic carboxylic acids is 1. The van der Waals surface area contributed by atoms with Crippen molar-refractivity contribution < 1.29 is 23.9 Å². The molecule has 0 bridgehead atoms. The summed E-state index contributed by atoms with van der Waals surface area (Å²) in [5.41, 5.74) is 0.229. The van der Waals surface area contributed by atoms with E-state index in [1.165, 1.54) is 18.2 Å². The predicted molar refractivity (Wildman–Crippen MR) is 73.1 cm³/mol. The van der Waals surface area contributed by atoms with Gasteiger partial charge in [0.05, 0.1) is 5.56 Å². The van der Waals surface area contributed by atoms with Crippen LogP contribution in [0.15, 0.2) is 42.5 Å². The number of hydrogen-bond acceptors (Lipinski definition) is 3. The monoisotopic (exact) mass is 287 g/mol. The molecule has 6 heteroatoms. The van der Waals surface area contributed by atoms with E-state index in [1.54, 1.807) is 12.1 Å². The molecule has 0 fully saturated rings. The van der Waals surface area contributed by atoms with E-state index in [9.17, 15) is 18.8 Å². The summed E-state index contributed by atoms with van der Waals surface area (Å²) < 4.78 is 13.5. The minimum absolute atomic E-state index is 0.124. The van der Waals surface area contributed by atoms with E-state index >= 15 is 0 Å². The van der Waals surface area contributed by atoms with Crippen molar-refractivity contribution in [3.05, 3.63) is 65.0 Å². The molecule has 2 rings (SSSR count). The van der Waals surface area contributed by atoms with Gasteiger partial charge in [0.2, 0.25) is 0 Å². The van der Waals surface area contributed by atoms with Crippen LogP contribution in [0, 0.1) is 5.82 Å². The number of carboxylic acid groups (broad SMARTS) is 1. The van der Waals surface area contributed by atoms with E-state index in [1.807, 2.05) is 0 Å². The highest BCUT2D eigenvalue weighted by atomic mass is 19.1. The Kier molecular flexibility index (Phi) is 4.08. The first-order valence-corrected chi connectivity index (χ1v) is 5.90. The molecular weight excluding hydrogens is 277 g/mol. The van der Waals surface area contributed by atoms with Gasteiger partial charge in [-0.1, -0.05) is 12.1 Å². The Balaban J connectivity index is 2.21. The van der Waals surface area contributed by atoms with Crippen molar-refractivity contribution in [1.82, 2.24) is 0 Å². The number of anilines is 1. The topological polar surface area (TPSA) is 83.5 Å². The van der Waals surface area contributed by atoms with E-state index in [0.717, 1.165) is 12.1 Å². The van der Waals surface area contributed by atoms with Crippen LogP contribution in [0.5, 0.6) is 0 Å². The van der Waals surface area contributed by atoms with Crippen LogP contribution in [0.4, 0.5) is 10.1 Å². The summed E-state index contributed by atoms with van der Waals surface area (Å²) >= 11 is 0. The quantitative estimate of drug-likeness (QED) is 0.847. The zero-order valence-corrected chi connectivity index (χ0v) is 10.7. The Bertz CT molecular complexity index is 727. The number of halogens is 1. The molecule has 0 aliphatic carbocycles. The number of carbonyl (C=O) groups is 3. The number of benzene rings is 2. The van der Waals surface area contributed by atoms with Crippen molar-refractivity contribution in [3.8, 4) is 0 Å². The van der Waals surface area contributed by atoms with E-state index in [-0.39, 0.29) is 11.3 Å². The normalized spacial score (nSPS) is 9.95. The van der Waals surface area contributed by atoms with Gasteiger partial charge in [0.25, 0.3) is 5.91 Å². The summed E-state index contributed by atoms with van der Waals surface area (Å²) in [6.07, 6.45) is 0.609. The zero-order chi connectivity index (χ0) is 15.4. The van der Waals surface area contributed by atoms with Crippen molar-refractivity contribution in [2.24, 2.45) is 0 Å². The maximum absolute atomic E-state index is 13.5. The highest BCUT2D eigenvalue weighted by Crippen LogP contribution is 2.16. The fourth-order valence-corrected chi connectivity index (χ4v) is 1.72. The fraction of sp³-hybridized carbons (Fsp3) is 0. The summed E-state index contributed by atoms with van der Waals surface area (Å²) in [5, 5.41) is 11.1. The molecule has 0 heterocycles. The molecule has 2 aromatic carbocycles. The average Bonchev–Trinajstić information content (AvgIpc) is 2.47. The van der Waals surface area contributed by atoms with Gasteiger partial charge < -0.3 is 10.4 Å². The van der Waals surface area contributed by atoms with Gasteiger partial charge in [-0.3, -0.25) is 9.59 Å². The molecule has 0 aromatic heterocycles. The van der Waals surface area contributed by atoms with Crippen molar-refractivity contribution in [2.75, 3.05) is 5.32 Å². The average molecular weight is 287 g/mol. The van der Waals surface area contributed by atoms with Gasteiger partial charge in [-0.2, -0.15) is 0 Å². The number of hydrogen-bond donors (Lipinski definition) is 2. The second-order valence-electron chi connectivity index (χ2n) is 4.20. The molecule has 106 valence electrons. The van der Waals surface area contributed by atoms with Gasteiger partial charge in [-0.25, -0.2) is 9.18 Å². The summed E-state index contributed by atoms with van der Waals surface area (Å²) in [5.74, 6) is -2.85. The molecule has 1 amide bonds. The summed E-state index contributed by atoms with van der Waals surface area (Å²) in [4.78, 5) is 33.3. The maximum atomic E-state index is 13.5. The SMILES string of the molecule is O=Cc1cccc(C(=O)Nc2ccc(C(=O)O)c(F)c2)c1. The first-order valence-electron chi connectivity index (χ1n) is 5.90. The molecule has 0 aliphatic heterocycles. The van der Waals surface area contributed by atoms with Crippen LogP contribution in [0.2, 0.25) is 0 Å². The maximum Gasteiger partial charge on any atom is 0.338 e. The van der Waals surface area contributed by atoms with Gasteiger partial charge in [-0.15, -0.1) is 0 Å². The van der Waals surface area contributed by atoms with E-state index < -0.39 is 23.3 Å². The first-order chi connectivity index (χ1) is 10.0. The molecule has 2 N–H and O–H groups in total. The molecule has 0 radical (unpaired) electrons. The van der Waals surface area contributed by atoms with Crippen molar-refractivity contribution in [2.45, 2.75) is 0 Å². The Morgan fingerprint density at radius 2 is 1.90 bits per heavy atom. The molecule has 0 aliphatic rings. The Labute approximate surface area is 119 Å². The molecule has 0 atom stereocenters. The predicted octanol–water partition coefficient (Wildman–Crippen LogP) is 2.59. The standard InChI is InChI=1S/C15H10FNO4/c16-13-7-11(4-5-12(13)15(20)21)17-14(19)10-3-1-2-9(6-10)8-18/h1-8H,(H,17,19)(H,20,21). The van der Waals surface area contributed by atoms with Crippen LogP contribution >= 0.6 is 0 Å². The lowest BCUT2D eigenvalue weighted by atomic mass is 10.1. The number of nitrogens with one attached hydrogen (secondary N) is 1. The van der Waals surface area contributed by atoms with E-state index in [2.05, 4.69) is 5.32 Å². The first kappa shape index (κ1) is 14.4. The molecular formula is C15H10FNO4. The Morgan fingerprint density at radius 3 is 2.52 bits per heavy atom. The number of carbonyl (C=O) groups excluding carboxylic acids is 2. The minimum Gasteiger partial charge on any atom is -0.478 e. The third-order valence-corrected chi connectivity index (χ3v) is 2.74. The van der Waals surface area contributed by atoms with Crippen molar-refractivity contribution in [3.63, 3.8) is 0 Å². The Morgan fingerprint density at radius 1 is 1.14 bits per heavy atom. The second-order valence-corrected chi connectivity index (χ2v) is 4.20. The fourth-order valence-electron chi connectivity index (χ4n) is 1.72.